The largest absolute Gasteiger partial charge is 0.394 e. The van der Waals surface area contributed by atoms with E-state index < -0.39 is 29.6 Å². The van der Waals surface area contributed by atoms with Gasteiger partial charge in [-0.3, -0.25) is 9.78 Å². The lowest BCUT2D eigenvalue weighted by Crippen LogP contribution is -2.40. The van der Waals surface area contributed by atoms with E-state index >= 15 is 0 Å². The van der Waals surface area contributed by atoms with Gasteiger partial charge in [0, 0.05) is 0 Å². The van der Waals surface area contributed by atoms with Crippen molar-refractivity contribution in [3.63, 3.8) is 0 Å². The van der Waals surface area contributed by atoms with Gasteiger partial charge in [-0.05, 0) is 37.1 Å². The molecule has 28 heavy (non-hydrogen) atoms. The van der Waals surface area contributed by atoms with Crippen LogP contribution in [0.5, 0.6) is 0 Å². The summed E-state index contributed by atoms with van der Waals surface area (Å²) >= 11 is 0. The first-order chi connectivity index (χ1) is 13.4. The molecule has 3 heterocycles. The maximum atomic E-state index is 12.3. The van der Waals surface area contributed by atoms with Crippen molar-refractivity contribution in [3.8, 4) is 11.5 Å². The summed E-state index contributed by atoms with van der Waals surface area (Å²) in [5.41, 5.74) is 1.70. The number of aliphatic hydroxyl groups is 2. The Morgan fingerprint density at radius 1 is 1.25 bits per heavy atom. The van der Waals surface area contributed by atoms with E-state index in [0.29, 0.717) is 11.0 Å². The maximum absolute atomic E-state index is 12.3. The molecule has 3 aliphatic rings. The van der Waals surface area contributed by atoms with Crippen molar-refractivity contribution in [1.82, 2.24) is 19.5 Å². The van der Waals surface area contributed by atoms with E-state index in [4.69, 9.17) is 9.47 Å². The summed E-state index contributed by atoms with van der Waals surface area (Å²) in [4.78, 5) is 34.5. The van der Waals surface area contributed by atoms with Crippen molar-refractivity contribution in [2.75, 3.05) is 13.4 Å². The molecule has 0 amide bonds. The molecule has 1 saturated heterocycles. The number of hydrogen-bond donors (Lipinski definition) is 3. The van der Waals surface area contributed by atoms with Crippen LogP contribution in [0.3, 0.4) is 0 Å². The number of aryl methyl sites for hydroxylation is 2. The lowest BCUT2D eigenvalue weighted by atomic mass is 10.1. The van der Waals surface area contributed by atoms with Crippen LogP contribution in [0, 0.1) is 13.8 Å². The molecule has 0 aliphatic carbocycles. The summed E-state index contributed by atoms with van der Waals surface area (Å²) < 4.78 is 12.2. The number of hydrogen-bond acceptors (Lipinski definition) is 8. The number of aromatic amines is 1. The highest BCUT2D eigenvalue weighted by atomic mass is 16.7. The van der Waals surface area contributed by atoms with Gasteiger partial charge < -0.3 is 24.3 Å². The quantitative estimate of drug-likeness (QED) is 0.499. The Morgan fingerprint density at radius 2 is 2.00 bits per heavy atom. The minimum Gasteiger partial charge on any atom is -0.394 e. The number of aromatic nitrogens is 4. The third-order valence-electron chi connectivity index (χ3n) is 5.06. The smallest absolute Gasteiger partial charge is 0.349 e. The number of H-pyrrole nitrogens is 1. The zero-order valence-electron chi connectivity index (χ0n) is 15.4. The van der Waals surface area contributed by atoms with Gasteiger partial charge in [0.2, 0.25) is 0 Å². The Balaban J connectivity index is 1.92. The fourth-order valence-corrected chi connectivity index (χ4v) is 3.45. The molecule has 3 aliphatic heterocycles. The van der Waals surface area contributed by atoms with Crippen molar-refractivity contribution in [2.45, 2.75) is 38.7 Å². The zero-order valence-corrected chi connectivity index (χ0v) is 15.4. The molecule has 0 radical (unpaired) electrons. The molecule has 0 saturated carbocycles. The SMILES string of the molecule is Cc1cc2nc3c(=O)[nH]c(=O)nc-3n(C[C@H](O)[C@@H]3OCO[C@@H]3CO)c2cc1C. The van der Waals surface area contributed by atoms with Gasteiger partial charge in [-0.25, -0.2) is 9.78 Å². The average Bonchev–Trinajstić information content (AvgIpc) is 3.13. The Morgan fingerprint density at radius 3 is 2.75 bits per heavy atom. The molecule has 1 aromatic carbocycles. The molecule has 3 atom stereocenters. The molecular weight excluding hydrogens is 368 g/mol. The van der Waals surface area contributed by atoms with Gasteiger partial charge in [-0.2, -0.15) is 4.98 Å². The molecule has 10 heteroatoms. The first-order valence-electron chi connectivity index (χ1n) is 8.83. The minimum absolute atomic E-state index is 0.00449. The number of nitrogens with one attached hydrogen (secondary N) is 1. The molecule has 0 aromatic heterocycles. The van der Waals surface area contributed by atoms with E-state index in [9.17, 15) is 19.8 Å². The fraction of sp³-hybridized carbons (Fsp3) is 0.444. The van der Waals surface area contributed by atoms with Gasteiger partial charge in [0.15, 0.2) is 11.5 Å². The molecule has 0 bridgehead atoms. The molecule has 0 spiro atoms. The number of aliphatic hydroxyl groups excluding tert-OH is 2. The summed E-state index contributed by atoms with van der Waals surface area (Å²) in [5, 5.41) is 20.1. The van der Waals surface area contributed by atoms with Crippen LogP contribution in [0.4, 0.5) is 0 Å². The van der Waals surface area contributed by atoms with Gasteiger partial charge in [-0.1, -0.05) is 0 Å². The molecule has 4 rings (SSSR count). The van der Waals surface area contributed by atoms with Crippen molar-refractivity contribution in [2.24, 2.45) is 0 Å². The summed E-state index contributed by atoms with van der Waals surface area (Å²) in [7, 11) is 0. The van der Waals surface area contributed by atoms with Crippen molar-refractivity contribution >= 4 is 11.0 Å². The molecular formula is C18H20N4O6. The van der Waals surface area contributed by atoms with Crippen LogP contribution in [-0.4, -0.2) is 61.4 Å². The predicted octanol–water partition coefficient (Wildman–Crippen LogP) is -0.704. The van der Waals surface area contributed by atoms with Crippen LogP contribution in [0.15, 0.2) is 21.7 Å². The zero-order chi connectivity index (χ0) is 20.0. The highest BCUT2D eigenvalue weighted by molar-refractivity contribution is 5.81. The number of nitrogens with zero attached hydrogens (tertiary/aromatic N) is 3. The Labute approximate surface area is 158 Å². The van der Waals surface area contributed by atoms with Gasteiger partial charge in [-0.15, -0.1) is 0 Å². The van der Waals surface area contributed by atoms with Crippen LogP contribution in [0.2, 0.25) is 0 Å². The minimum atomic E-state index is -1.07. The third kappa shape index (κ3) is 3.10. The predicted molar refractivity (Wildman–Crippen MR) is 98.2 cm³/mol. The third-order valence-corrected chi connectivity index (χ3v) is 5.06. The van der Waals surface area contributed by atoms with Crippen LogP contribution in [0.25, 0.3) is 22.6 Å². The van der Waals surface area contributed by atoms with Crippen LogP contribution in [0.1, 0.15) is 11.1 Å². The molecule has 1 fully saturated rings. The van der Waals surface area contributed by atoms with E-state index in [1.807, 2.05) is 26.0 Å². The van der Waals surface area contributed by atoms with Crippen molar-refractivity contribution < 1.29 is 19.7 Å². The number of benzene rings is 1. The van der Waals surface area contributed by atoms with Gasteiger partial charge in [0.05, 0.1) is 24.2 Å². The highest BCUT2D eigenvalue weighted by Crippen LogP contribution is 2.25. The maximum Gasteiger partial charge on any atom is 0.349 e. The van der Waals surface area contributed by atoms with Crippen LogP contribution < -0.4 is 11.2 Å². The molecule has 0 unspecified atom stereocenters. The molecule has 1 aromatic rings. The topological polar surface area (TPSA) is 140 Å². The van der Waals surface area contributed by atoms with Crippen LogP contribution >= 0.6 is 0 Å². The second kappa shape index (κ2) is 7.06. The van der Waals surface area contributed by atoms with E-state index in [-0.39, 0.29) is 31.5 Å². The van der Waals surface area contributed by atoms with Crippen LogP contribution in [-0.2, 0) is 16.0 Å². The molecule has 3 N–H and O–H groups in total. The summed E-state index contributed by atoms with van der Waals surface area (Å²) in [5.74, 6) is 0.0722. The second-order valence-electron chi connectivity index (χ2n) is 6.90. The lowest BCUT2D eigenvalue weighted by molar-refractivity contribution is -0.0211. The Kier molecular flexibility index (Phi) is 4.71. The van der Waals surface area contributed by atoms with Gasteiger partial charge >= 0.3 is 5.69 Å². The van der Waals surface area contributed by atoms with E-state index in [1.165, 1.54) is 0 Å². The van der Waals surface area contributed by atoms with E-state index in [1.54, 1.807) is 4.57 Å². The number of ether oxygens (including phenoxy) is 2. The van der Waals surface area contributed by atoms with E-state index in [0.717, 1.165) is 11.1 Å². The summed E-state index contributed by atoms with van der Waals surface area (Å²) in [6.45, 7) is 3.50. The monoisotopic (exact) mass is 388 g/mol. The van der Waals surface area contributed by atoms with Gasteiger partial charge in [0.25, 0.3) is 5.56 Å². The Bertz CT molecular complexity index is 1120. The number of fused-ring (bicyclic) bond motifs is 2. The highest BCUT2D eigenvalue weighted by Gasteiger charge is 2.35. The second-order valence-corrected chi connectivity index (χ2v) is 6.90. The first kappa shape index (κ1) is 18.7. The number of rotatable bonds is 4. The molecule has 148 valence electrons. The summed E-state index contributed by atoms with van der Waals surface area (Å²) in [6.07, 6.45) is -2.49. The van der Waals surface area contributed by atoms with Crippen molar-refractivity contribution in [1.29, 1.82) is 0 Å². The van der Waals surface area contributed by atoms with Crippen molar-refractivity contribution in [3.05, 3.63) is 44.1 Å². The lowest BCUT2D eigenvalue weighted by Gasteiger charge is -2.24. The average molecular weight is 388 g/mol. The Hall–Kier alpha value is -2.66. The van der Waals surface area contributed by atoms with E-state index in [2.05, 4.69) is 15.0 Å². The van der Waals surface area contributed by atoms with Gasteiger partial charge in [0.1, 0.15) is 25.1 Å². The normalized spacial score (nSPS) is 20.9. The first-order valence-corrected chi connectivity index (χ1v) is 8.83. The summed E-state index contributed by atoms with van der Waals surface area (Å²) in [6, 6.07) is 3.70. The molecule has 10 nitrogen and oxygen atoms in total. The standard InChI is InChI=1S/C18H20N4O6/c1-8-3-10-11(4-9(8)2)22(5-12(24)15-13(6-23)27-7-28-15)16-14(19-10)17(25)21-18(26)20-16/h3-4,12-13,15,23-24H,5-7H2,1-2H3,(H,21,25,26)/t12-,13+,15-/m0/s1. The fourth-order valence-electron chi connectivity index (χ4n) is 3.45.